The molecule has 1 atom stereocenters. The second-order valence-corrected chi connectivity index (χ2v) is 5.18. The molecule has 1 aromatic heterocycles. The van der Waals surface area contributed by atoms with Gasteiger partial charge in [-0.1, -0.05) is 31.2 Å². The fourth-order valence-electron chi connectivity index (χ4n) is 2.22. The van der Waals surface area contributed by atoms with Crippen molar-refractivity contribution in [3.63, 3.8) is 0 Å². The number of hydrogen-bond donors (Lipinski definition) is 2. The number of nitrogens with zero attached hydrogens (tertiary/aromatic N) is 2. The highest BCUT2D eigenvalue weighted by atomic mass is 16.3. The van der Waals surface area contributed by atoms with Gasteiger partial charge in [0.25, 0.3) is 0 Å². The van der Waals surface area contributed by atoms with Gasteiger partial charge in [0, 0.05) is 31.4 Å². The molecule has 0 aliphatic carbocycles. The van der Waals surface area contributed by atoms with Crippen LogP contribution in [0.25, 0.3) is 0 Å². The van der Waals surface area contributed by atoms with Crippen LogP contribution < -0.4 is 0 Å². The summed E-state index contributed by atoms with van der Waals surface area (Å²) in [6.45, 7) is 3.75. The van der Waals surface area contributed by atoms with Crippen molar-refractivity contribution < 1.29 is 10.2 Å². The zero-order chi connectivity index (χ0) is 15.1. The topological polar surface area (TPSA) is 56.6 Å². The van der Waals surface area contributed by atoms with E-state index in [4.69, 9.17) is 0 Å². The van der Waals surface area contributed by atoms with Crippen molar-refractivity contribution in [2.45, 2.75) is 32.5 Å². The van der Waals surface area contributed by atoms with Gasteiger partial charge >= 0.3 is 0 Å². The number of pyridine rings is 1. The summed E-state index contributed by atoms with van der Waals surface area (Å²) < 4.78 is 0. The van der Waals surface area contributed by atoms with Crippen LogP contribution in [0.15, 0.2) is 48.7 Å². The number of aromatic nitrogens is 1. The van der Waals surface area contributed by atoms with Crippen molar-refractivity contribution in [1.29, 1.82) is 0 Å². The molecule has 4 nitrogen and oxygen atoms in total. The fourth-order valence-corrected chi connectivity index (χ4v) is 2.22. The Morgan fingerprint density at radius 1 is 1.10 bits per heavy atom. The van der Waals surface area contributed by atoms with Crippen molar-refractivity contribution in [2.24, 2.45) is 0 Å². The van der Waals surface area contributed by atoms with E-state index in [1.807, 2.05) is 43.3 Å². The van der Waals surface area contributed by atoms with E-state index in [0.717, 1.165) is 11.3 Å². The maximum atomic E-state index is 9.93. The maximum Gasteiger partial charge on any atom is 0.120 e. The summed E-state index contributed by atoms with van der Waals surface area (Å²) >= 11 is 0. The van der Waals surface area contributed by atoms with Gasteiger partial charge in [-0.25, -0.2) is 0 Å². The third kappa shape index (κ3) is 4.85. The first-order valence-electron chi connectivity index (χ1n) is 7.26. The molecule has 0 bridgehead atoms. The summed E-state index contributed by atoms with van der Waals surface area (Å²) in [7, 11) is 0. The average Bonchev–Trinajstić information content (AvgIpc) is 2.50. The predicted molar refractivity (Wildman–Crippen MR) is 82.8 cm³/mol. The minimum Gasteiger partial charge on any atom is -0.508 e. The number of aliphatic hydroxyl groups excluding tert-OH is 1. The van der Waals surface area contributed by atoms with Crippen LogP contribution in [-0.4, -0.2) is 32.7 Å². The standard InChI is InChI=1S/C17H22N2O2/c1-2-16(20)13-19(12-15-8-5-6-10-18-15)11-14-7-3-4-9-17(14)21/h3-10,16,20-21H,2,11-13H2,1H3. The Hall–Kier alpha value is -1.91. The molecule has 1 unspecified atom stereocenters. The molecule has 112 valence electrons. The zero-order valence-electron chi connectivity index (χ0n) is 12.3. The fraction of sp³-hybridized carbons (Fsp3) is 0.353. The van der Waals surface area contributed by atoms with E-state index in [1.165, 1.54) is 0 Å². The molecule has 0 spiro atoms. The Bertz CT molecular complexity index is 545. The van der Waals surface area contributed by atoms with Crippen molar-refractivity contribution in [2.75, 3.05) is 6.54 Å². The van der Waals surface area contributed by atoms with E-state index < -0.39 is 0 Å². The van der Waals surface area contributed by atoms with Crippen molar-refractivity contribution in [3.05, 3.63) is 59.9 Å². The minimum atomic E-state index is -0.375. The summed E-state index contributed by atoms with van der Waals surface area (Å²) in [5.41, 5.74) is 1.81. The number of para-hydroxylation sites is 1. The summed E-state index contributed by atoms with van der Waals surface area (Å²) in [6.07, 6.45) is 2.10. The molecule has 2 rings (SSSR count). The van der Waals surface area contributed by atoms with Crippen LogP contribution >= 0.6 is 0 Å². The van der Waals surface area contributed by atoms with Crippen molar-refractivity contribution in [3.8, 4) is 5.75 Å². The molecule has 0 aliphatic heterocycles. The molecule has 1 heterocycles. The lowest BCUT2D eigenvalue weighted by molar-refractivity contribution is 0.100. The number of aromatic hydroxyl groups is 1. The Kier molecular flexibility index (Phi) is 5.72. The molecule has 0 aliphatic rings. The monoisotopic (exact) mass is 286 g/mol. The summed E-state index contributed by atoms with van der Waals surface area (Å²) in [4.78, 5) is 6.43. The third-order valence-electron chi connectivity index (χ3n) is 3.44. The first kappa shape index (κ1) is 15.5. The molecule has 2 aromatic rings. The van der Waals surface area contributed by atoms with Crippen LogP contribution in [0.1, 0.15) is 24.6 Å². The zero-order valence-corrected chi connectivity index (χ0v) is 12.3. The highest BCUT2D eigenvalue weighted by Crippen LogP contribution is 2.19. The third-order valence-corrected chi connectivity index (χ3v) is 3.44. The van der Waals surface area contributed by atoms with Gasteiger partial charge in [-0.2, -0.15) is 0 Å². The number of rotatable bonds is 7. The molecule has 0 fully saturated rings. The van der Waals surface area contributed by atoms with E-state index in [-0.39, 0.29) is 11.9 Å². The Morgan fingerprint density at radius 3 is 2.52 bits per heavy atom. The van der Waals surface area contributed by atoms with Crippen LogP contribution in [0.5, 0.6) is 5.75 Å². The van der Waals surface area contributed by atoms with E-state index in [1.54, 1.807) is 12.3 Å². The van der Waals surface area contributed by atoms with Gasteiger partial charge in [-0.3, -0.25) is 9.88 Å². The number of aliphatic hydroxyl groups is 1. The number of phenolic OH excluding ortho intramolecular Hbond substituents is 1. The SMILES string of the molecule is CCC(O)CN(Cc1ccccn1)Cc1ccccc1O. The largest absolute Gasteiger partial charge is 0.508 e. The van der Waals surface area contributed by atoms with Gasteiger partial charge in [-0.05, 0) is 24.6 Å². The van der Waals surface area contributed by atoms with Gasteiger partial charge in [0.2, 0.25) is 0 Å². The number of benzene rings is 1. The molecule has 1 aromatic carbocycles. The highest BCUT2D eigenvalue weighted by Gasteiger charge is 2.13. The molecule has 0 amide bonds. The second kappa shape index (κ2) is 7.76. The lowest BCUT2D eigenvalue weighted by atomic mass is 10.1. The van der Waals surface area contributed by atoms with Crippen molar-refractivity contribution >= 4 is 0 Å². The lowest BCUT2D eigenvalue weighted by Gasteiger charge is -2.24. The van der Waals surface area contributed by atoms with E-state index >= 15 is 0 Å². The average molecular weight is 286 g/mol. The van der Waals surface area contributed by atoms with Crippen LogP contribution in [0.3, 0.4) is 0 Å². The second-order valence-electron chi connectivity index (χ2n) is 5.18. The molecule has 0 saturated heterocycles. The molecule has 0 radical (unpaired) electrons. The van der Waals surface area contributed by atoms with Crippen LogP contribution in [0.2, 0.25) is 0 Å². The summed E-state index contributed by atoms with van der Waals surface area (Å²) in [6, 6.07) is 13.1. The normalized spacial score (nSPS) is 12.5. The van der Waals surface area contributed by atoms with Crippen LogP contribution in [0.4, 0.5) is 0 Å². The van der Waals surface area contributed by atoms with E-state index in [2.05, 4.69) is 9.88 Å². The Labute approximate surface area is 125 Å². The predicted octanol–water partition coefficient (Wildman–Crippen LogP) is 2.56. The van der Waals surface area contributed by atoms with Crippen molar-refractivity contribution in [1.82, 2.24) is 9.88 Å². The summed E-state index contributed by atoms with van der Waals surface area (Å²) in [5, 5.41) is 19.8. The Balaban J connectivity index is 2.10. The molecular weight excluding hydrogens is 264 g/mol. The maximum absolute atomic E-state index is 9.93. The van der Waals surface area contributed by atoms with Crippen LogP contribution in [0, 0.1) is 0 Å². The first-order chi connectivity index (χ1) is 10.2. The molecule has 4 heteroatoms. The molecule has 21 heavy (non-hydrogen) atoms. The summed E-state index contributed by atoms with van der Waals surface area (Å²) in [5.74, 6) is 0.287. The number of hydrogen-bond acceptors (Lipinski definition) is 4. The van der Waals surface area contributed by atoms with Gasteiger partial charge in [0.05, 0.1) is 11.8 Å². The highest BCUT2D eigenvalue weighted by molar-refractivity contribution is 5.31. The van der Waals surface area contributed by atoms with Crippen LogP contribution in [-0.2, 0) is 13.1 Å². The molecule has 2 N–H and O–H groups in total. The van der Waals surface area contributed by atoms with Gasteiger partial charge in [0.15, 0.2) is 0 Å². The first-order valence-corrected chi connectivity index (χ1v) is 7.26. The van der Waals surface area contributed by atoms with E-state index in [0.29, 0.717) is 26.1 Å². The van der Waals surface area contributed by atoms with E-state index in [9.17, 15) is 10.2 Å². The van der Waals surface area contributed by atoms with Gasteiger partial charge in [0.1, 0.15) is 5.75 Å². The molecule has 0 saturated carbocycles. The molecular formula is C17H22N2O2. The minimum absolute atomic E-state index is 0.287. The van der Waals surface area contributed by atoms with Gasteiger partial charge in [-0.15, -0.1) is 0 Å². The van der Waals surface area contributed by atoms with Gasteiger partial charge < -0.3 is 10.2 Å². The number of phenols is 1. The smallest absolute Gasteiger partial charge is 0.120 e. The lowest BCUT2D eigenvalue weighted by Crippen LogP contribution is -2.31. The Morgan fingerprint density at radius 2 is 1.86 bits per heavy atom. The quantitative estimate of drug-likeness (QED) is 0.821.